The van der Waals surface area contributed by atoms with Crippen molar-refractivity contribution in [3.63, 3.8) is 0 Å². The van der Waals surface area contributed by atoms with Crippen LogP contribution in [0.4, 0.5) is 0 Å². The summed E-state index contributed by atoms with van der Waals surface area (Å²) in [5.41, 5.74) is 1.22. The average molecular weight is 196 g/mol. The Morgan fingerprint density at radius 2 is 2.36 bits per heavy atom. The van der Waals surface area contributed by atoms with Gasteiger partial charge in [-0.15, -0.1) is 0 Å². The number of hydrogen-bond acceptors (Lipinski definition) is 2. The van der Waals surface area contributed by atoms with Gasteiger partial charge in [0, 0.05) is 12.7 Å². The quantitative estimate of drug-likeness (QED) is 0.674. The molecular weight excluding hydrogens is 184 g/mol. The maximum Gasteiger partial charge on any atom is 0.325 e. The molecule has 0 bridgehead atoms. The number of carboxylic acid groups (broad SMARTS) is 1. The Balaban J connectivity index is 2.58. The minimum Gasteiger partial charge on any atom is -0.481 e. The van der Waals surface area contributed by atoms with E-state index in [0.717, 1.165) is 18.5 Å². The molecule has 1 heterocycles. The lowest BCUT2D eigenvalue weighted by molar-refractivity contribution is -0.139. The molecule has 0 aromatic carbocycles. The third kappa shape index (κ3) is 1.16. The zero-order valence-corrected chi connectivity index (χ0v) is 7.91. The van der Waals surface area contributed by atoms with E-state index in [9.17, 15) is 9.59 Å². The molecule has 14 heavy (non-hydrogen) atoms. The molecule has 0 saturated heterocycles. The Hall–Kier alpha value is -1.52. The summed E-state index contributed by atoms with van der Waals surface area (Å²) in [6, 6.07) is 0. The lowest BCUT2D eigenvalue weighted by Gasteiger charge is -2.19. The Labute approximate surface area is 80.4 Å². The van der Waals surface area contributed by atoms with E-state index in [4.69, 9.17) is 5.11 Å². The van der Waals surface area contributed by atoms with Crippen molar-refractivity contribution in [1.82, 2.24) is 9.55 Å². The van der Waals surface area contributed by atoms with Gasteiger partial charge in [-0.1, -0.05) is 0 Å². The summed E-state index contributed by atoms with van der Waals surface area (Å²) in [7, 11) is 1.61. The molecule has 0 radical (unpaired) electrons. The zero-order chi connectivity index (χ0) is 10.3. The number of rotatable bonds is 1. The van der Waals surface area contributed by atoms with Gasteiger partial charge in [0.2, 0.25) is 0 Å². The van der Waals surface area contributed by atoms with Crippen LogP contribution in [0.15, 0.2) is 4.79 Å². The number of aryl methyl sites for hydroxylation is 1. The van der Waals surface area contributed by atoms with Crippen LogP contribution in [0, 0.1) is 0 Å². The summed E-state index contributed by atoms with van der Waals surface area (Å²) in [6.07, 6.45) is 2.21. The van der Waals surface area contributed by atoms with E-state index >= 15 is 0 Å². The zero-order valence-electron chi connectivity index (χ0n) is 7.91. The first kappa shape index (κ1) is 9.05. The highest BCUT2D eigenvalue weighted by Gasteiger charge is 2.30. The average Bonchev–Trinajstić information content (AvgIpc) is 2.43. The number of carboxylic acids is 1. The SMILES string of the molecule is Cn1c2c([nH]c1=O)CCCC2C(=O)O. The van der Waals surface area contributed by atoms with E-state index in [1.165, 1.54) is 4.57 Å². The number of hydrogen-bond donors (Lipinski definition) is 2. The smallest absolute Gasteiger partial charge is 0.325 e. The van der Waals surface area contributed by atoms with Gasteiger partial charge in [-0.25, -0.2) is 4.79 Å². The van der Waals surface area contributed by atoms with E-state index in [1.807, 2.05) is 0 Å². The summed E-state index contributed by atoms with van der Waals surface area (Å²) >= 11 is 0. The normalized spacial score (nSPS) is 20.5. The number of aromatic amines is 1. The van der Waals surface area contributed by atoms with Gasteiger partial charge in [0.25, 0.3) is 0 Å². The minimum absolute atomic E-state index is 0.219. The van der Waals surface area contributed by atoms with Crippen molar-refractivity contribution in [1.29, 1.82) is 0 Å². The first-order valence-corrected chi connectivity index (χ1v) is 4.62. The van der Waals surface area contributed by atoms with Crippen LogP contribution in [0.5, 0.6) is 0 Å². The van der Waals surface area contributed by atoms with Crippen LogP contribution in [-0.4, -0.2) is 20.6 Å². The molecule has 5 nitrogen and oxygen atoms in total. The largest absolute Gasteiger partial charge is 0.481 e. The first-order chi connectivity index (χ1) is 6.61. The van der Waals surface area contributed by atoms with Gasteiger partial charge in [0.1, 0.15) is 0 Å². The van der Waals surface area contributed by atoms with Crippen molar-refractivity contribution in [3.8, 4) is 0 Å². The van der Waals surface area contributed by atoms with Crippen molar-refractivity contribution in [3.05, 3.63) is 21.9 Å². The molecule has 1 aliphatic rings. The molecule has 0 aliphatic heterocycles. The molecule has 0 saturated carbocycles. The number of nitrogens with one attached hydrogen (secondary N) is 1. The Morgan fingerprint density at radius 3 is 3.00 bits per heavy atom. The summed E-state index contributed by atoms with van der Waals surface area (Å²) in [5.74, 6) is -1.37. The number of aliphatic carboxylic acids is 1. The molecule has 1 unspecified atom stereocenters. The highest BCUT2D eigenvalue weighted by molar-refractivity contribution is 5.76. The number of aromatic nitrogens is 2. The van der Waals surface area contributed by atoms with Crippen LogP contribution in [0.25, 0.3) is 0 Å². The fourth-order valence-electron chi connectivity index (χ4n) is 2.08. The summed E-state index contributed by atoms with van der Waals surface area (Å²) in [4.78, 5) is 24.9. The third-order valence-electron chi connectivity index (χ3n) is 2.78. The van der Waals surface area contributed by atoms with E-state index < -0.39 is 11.9 Å². The van der Waals surface area contributed by atoms with Crippen LogP contribution in [0.3, 0.4) is 0 Å². The molecule has 0 fully saturated rings. The molecule has 2 rings (SSSR count). The van der Waals surface area contributed by atoms with Gasteiger partial charge >= 0.3 is 11.7 Å². The molecule has 0 amide bonds. The molecular formula is C9H12N2O3. The van der Waals surface area contributed by atoms with E-state index in [1.54, 1.807) is 7.05 Å². The molecule has 1 atom stereocenters. The Bertz CT molecular complexity index is 430. The first-order valence-electron chi connectivity index (χ1n) is 4.62. The lowest BCUT2D eigenvalue weighted by Crippen LogP contribution is -2.22. The fraction of sp³-hybridized carbons (Fsp3) is 0.556. The number of fused-ring (bicyclic) bond motifs is 1. The van der Waals surface area contributed by atoms with Crippen LogP contribution >= 0.6 is 0 Å². The van der Waals surface area contributed by atoms with Crippen molar-refractivity contribution < 1.29 is 9.90 Å². The van der Waals surface area contributed by atoms with E-state index in [2.05, 4.69) is 4.98 Å². The maximum atomic E-state index is 11.3. The molecule has 0 spiro atoms. The van der Waals surface area contributed by atoms with Crippen molar-refractivity contribution in [2.24, 2.45) is 7.05 Å². The molecule has 1 aromatic heterocycles. The summed E-state index contributed by atoms with van der Waals surface area (Å²) in [5, 5.41) is 8.99. The van der Waals surface area contributed by atoms with Crippen molar-refractivity contribution in [2.45, 2.75) is 25.2 Å². The molecule has 1 aliphatic carbocycles. The predicted octanol–water partition coefficient (Wildman–Crippen LogP) is 0.218. The summed E-state index contributed by atoms with van der Waals surface area (Å²) < 4.78 is 1.41. The van der Waals surface area contributed by atoms with Gasteiger partial charge in [-0.3, -0.25) is 9.36 Å². The van der Waals surface area contributed by atoms with Gasteiger partial charge in [-0.05, 0) is 19.3 Å². The van der Waals surface area contributed by atoms with Crippen molar-refractivity contribution in [2.75, 3.05) is 0 Å². The second-order valence-corrected chi connectivity index (χ2v) is 3.64. The topological polar surface area (TPSA) is 75.1 Å². The van der Waals surface area contributed by atoms with Crippen LogP contribution in [-0.2, 0) is 18.3 Å². The minimum atomic E-state index is -0.847. The Morgan fingerprint density at radius 1 is 1.64 bits per heavy atom. The van der Waals surface area contributed by atoms with Gasteiger partial charge in [-0.2, -0.15) is 0 Å². The maximum absolute atomic E-state index is 11.3. The lowest BCUT2D eigenvalue weighted by atomic mass is 9.90. The third-order valence-corrected chi connectivity index (χ3v) is 2.78. The Kier molecular flexibility index (Phi) is 1.94. The molecule has 5 heteroatoms. The van der Waals surface area contributed by atoms with Crippen molar-refractivity contribution >= 4 is 5.97 Å². The highest BCUT2D eigenvalue weighted by atomic mass is 16.4. The summed E-state index contributed by atoms with van der Waals surface area (Å²) in [6.45, 7) is 0. The van der Waals surface area contributed by atoms with Crippen LogP contribution in [0.1, 0.15) is 30.1 Å². The fourth-order valence-corrected chi connectivity index (χ4v) is 2.08. The number of carbonyl (C=O) groups is 1. The second-order valence-electron chi connectivity index (χ2n) is 3.64. The number of imidazole rings is 1. The molecule has 1 aromatic rings. The van der Waals surface area contributed by atoms with Crippen LogP contribution < -0.4 is 5.69 Å². The highest BCUT2D eigenvalue weighted by Crippen LogP contribution is 2.29. The standard InChI is InChI=1S/C9H12N2O3/c1-11-7-5(8(12)13)3-2-4-6(7)10-9(11)14/h5H,2-4H2,1H3,(H,10,14)(H,12,13). The molecule has 2 N–H and O–H groups in total. The second kappa shape index (κ2) is 3.01. The monoisotopic (exact) mass is 196 g/mol. The van der Waals surface area contributed by atoms with Gasteiger partial charge in [0.15, 0.2) is 0 Å². The van der Waals surface area contributed by atoms with Gasteiger partial charge < -0.3 is 10.1 Å². The number of H-pyrrole nitrogens is 1. The predicted molar refractivity (Wildman–Crippen MR) is 49.3 cm³/mol. The van der Waals surface area contributed by atoms with Gasteiger partial charge in [0.05, 0.1) is 11.6 Å². The van der Waals surface area contributed by atoms with E-state index in [0.29, 0.717) is 12.1 Å². The van der Waals surface area contributed by atoms with E-state index in [-0.39, 0.29) is 5.69 Å². The number of nitrogens with zero attached hydrogens (tertiary/aromatic N) is 1. The van der Waals surface area contributed by atoms with Crippen LogP contribution in [0.2, 0.25) is 0 Å². The molecule has 76 valence electrons.